The zero-order valence-corrected chi connectivity index (χ0v) is 15.7. The number of carboxylic acid groups (broad SMARTS) is 2. The van der Waals surface area contributed by atoms with Crippen molar-refractivity contribution in [2.24, 2.45) is 5.41 Å². The van der Waals surface area contributed by atoms with E-state index in [1.807, 2.05) is 0 Å². The molecule has 0 unspecified atom stereocenters. The summed E-state index contributed by atoms with van der Waals surface area (Å²) < 4.78 is 0. The maximum Gasteiger partial charge on any atom is 0.310 e. The maximum absolute atomic E-state index is 9.87. The van der Waals surface area contributed by atoms with Gasteiger partial charge in [0, 0.05) is 13.2 Å². The van der Waals surface area contributed by atoms with E-state index in [4.69, 9.17) is 20.4 Å². The minimum atomic E-state index is -1.06. The Kier molecular flexibility index (Phi) is 15.7. The van der Waals surface area contributed by atoms with E-state index in [-0.39, 0.29) is 43.0 Å². The van der Waals surface area contributed by atoms with Crippen molar-refractivity contribution in [3.05, 3.63) is 0 Å². The monoisotopic (exact) mass is 376 g/mol. The molecule has 0 aromatic rings. The van der Waals surface area contributed by atoms with E-state index in [1.54, 1.807) is 0 Å². The van der Waals surface area contributed by atoms with Crippen LogP contribution in [0.2, 0.25) is 0 Å². The minimum absolute atomic E-state index is 0.278. The van der Waals surface area contributed by atoms with Gasteiger partial charge in [-0.2, -0.15) is 0 Å². The molecule has 8 nitrogen and oxygen atoms in total. The summed E-state index contributed by atoms with van der Waals surface area (Å²) >= 11 is 0. The maximum atomic E-state index is 9.87. The molecule has 1 saturated carbocycles. The van der Waals surface area contributed by atoms with E-state index in [1.165, 1.54) is 46.0 Å². The summed E-state index contributed by atoms with van der Waals surface area (Å²) in [7, 11) is 0. The van der Waals surface area contributed by atoms with Gasteiger partial charge in [0.1, 0.15) is 24.4 Å². The molecular formula is C18H32O8. The van der Waals surface area contributed by atoms with Crippen LogP contribution in [0.4, 0.5) is 0 Å². The van der Waals surface area contributed by atoms with E-state index in [0.29, 0.717) is 0 Å². The predicted octanol–water partition coefficient (Wildman–Crippen LogP) is 1.80. The van der Waals surface area contributed by atoms with Crippen LogP contribution < -0.4 is 0 Å². The first-order chi connectivity index (χ1) is 12.1. The molecule has 0 spiro atoms. The van der Waals surface area contributed by atoms with Crippen LogP contribution in [-0.4, -0.2) is 57.1 Å². The summed E-state index contributed by atoms with van der Waals surface area (Å²) in [6.45, 7) is 3.04. The molecular weight excluding hydrogens is 344 g/mol. The molecule has 1 aliphatic rings. The number of ketones is 2. The lowest BCUT2D eigenvalue weighted by Gasteiger charge is -2.36. The van der Waals surface area contributed by atoms with Crippen molar-refractivity contribution in [1.29, 1.82) is 0 Å². The van der Waals surface area contributed by atoms with Crippen molar-refractivity contribution in [3.8, 4) is 0 Å². The Morgan fingerprint density at radius 3 is 1.27 bits per heavy atom. The van der Waals surface area contributed by atoms with Gasteiger partial charge in [-0.3, -0.25) is 19.2 Å². The molecule has 26 heavy (non-hydrogen) atoms. The van der Waals surface area contributed by atoms with Gasteiger partial charge < -0.3 is 20.4 Å². The van der Waals surface area contributed by atoms with Gasteiger partial charge >= 0.3 is 11.9 Å². The first-order valence-corrected chi connectivity index (χ1v) is 8.72. The SMILES string of the molecule is CC(=O)CC(=O)O.CC(=O)CC(=O)O.OCCC1(CCO)CCCCC1. The minimum Gasteiger partial charge on any atom is -0.481 e. The lowest BCUT2D eigenvalue weighted by Crippen LogP contribution is -2.26. The van der Waals surface area contributed by atoms with Crippen molar-refractivity contribution in [2.45, 2.75) is 71.6 Å². The molecule has 1 aliphatic carbocycles. The van der Waals surface area contributed by atoms with Crippen LogP contribution >= 0.6 is 0 Å². The number of hydrogen-bond acceptors (Lipinski definition) is 6. The highest BCUT2D eigenvalue weighted by Gasteiger charge is 2.30. The molecule has 152 valence electrons. The summed E-state index contributed by atoms with van der Waals surface area (Å²) in [5.74, 6) is -2.75. The molecule has 0 saturated heterocycles. The van der Waals surface area contributed by atoms with Crippen LogP contribution in [0, 0.1) is 5.41 Å². The topological polar surface area (TPSA) is 149 Å². The summed E-state index contributed by atoms with van der Waals surface area (Å²) in [5, 5.41) is 33.6. The van der Waals surface area contributed by atoms with E-state index in [0.717, 1.165) is 12.8 Å². The molecule has 0 aliphatic heterocycles. The van der Waals surface area contributed by atoms with Crippen molar-refractivity contribution in [2.75, 3.05) is 13.2 Å². The number of rotatable bonds is 8. The third kappa shape index (κ3) is 17.0. The van der Waals surface area contributed by atoms with Crippen LogP contribution in [0.15, 0.2) is 0 Å². The Morgan fingerprint density at radius 2 is 1.08 bits per heavy atom. The van der Waals surface area contributed by atoms with Crippen molar-refractivity contribution >= 4 is 23.5 Å². The Balaban J connectivity index is 0. The van der Waals surface area contributed by atoms with E-state index in [2.05, 4.69) is 0 Å². The first-order valence-electron chi connectivity index (χ1n) is 8.72. The van der Waals surface area contributed by atoms with Gasteiger partial charge in [0.25, 0.3) is 0 Å². The zero-order chi connectivity index (χ0) is 20.6. The van der Waals surface area contributed by atoms with Crippen molar-refractivity contribution in [3.63, 3.8) is 0 Å². The highest BCUT2D eigenvalue weighted by molar-refractivity contribution is 5.93. The Labute approximate surface area is 154 Å². The summed E-state index contributed by atoms with van der Waals surface area (Å²) in [5.41, 5.74) is 0.280. The number of carbonyl (C=O) groups excluding carboxylic acids is 2. The Morgan fingerprint density at radius 1 is 0.731 bits per heavy atom. The molecule has 0 heterocycles. The third-order valence-corrected chi connectivity index (χ3v) is 4.00. The summed E-state index contributed by atoms with van der Waals surface area (Å²) in [6.07, 6.45) is 7.34. The van der Waals surface area contributed by atoms with Crippen LogP contribution in [0.1, 0.15) is 71.6 Å². The van der Waals surface area contributed by atoms with Gasteiger partial charge in [0.05, 0.1) is 0 Å². The normalized spacial score (nSPS) is 14.8. The lowest BCUT2D eigenvalue weighted by atomic mass is 9.70. The number of carboxylic acids is 2. The number of carbonyl (C=O) groups is 4. The number of hydrogen-bond donors (Lipinski definition) is 4. The molecule has 0 radical (unpaired) electrons. The first kappa shape index (κ1) is 26.4. The van der Waals surface area contributed by atoms with Crippen LogP contribution in [0.3, 0.4) is 0 Å². The van der Waals surface area contributed by atoms with E-state index in [9.17, 15) is 19.2 Å². The second-order valence-electron chi connectivity index (χ2n) is 6.55. The predicted molar refractivity (Wildman–Crippen MR) is 94.8 cm³/mol. The second-order valence-corrected chi connectivity index (χ2v) is 6.55. The number of aliphatic carboxylic acids is 2. The van der Waals surface area contributed by atoms with Crippen LogP contribution in [0.25, 0.3) is 0 Å². The summed E-state index contributed by atoms with van der Waals surface area (Å²) in [4.78, 5) is 38.9. The molecule has 0 amide bonds. The smallest absolute Gasteiger partial charge is 0.310 e. The molecule has 8 heteroatoms. The molecule has 1 rings (SSSR count). The van der Waals surface area contributed by atoms with Crippen LogP contribution in [0.5, 0.6) is 0 Å². The fourth-order valence-corrected chi connectivity index (χ4v) is 2.83. The molecule has 1 fully saturated rings. The van der Waals surface area contributed by atoms with E-state index >= 15 is 0 Å². The highest BCUT2D eigenvalue weighted by atomic mass is 16.4. The van der Waals surface area contributed by atoms with Gasteiger partial charge in [0.15, 0.2) is 0 Å². The van der Waals surface area contributed by atoms with Gasteiger partial charge in [-0.1, -0.05) is 19.3 Å². The number of Topliss-reactive ketones (excluding diaryl/α,β-unsaturated/α-hetero) is 2. The largest absolute Gasteiger partial charge is 0.481 e. The average Bonchev–Trinajstić information content (AvgIpc) is 2.47. The molecule has 0 aromatic heterocycles. The molecule has 4 N–H and O–H groups in total. The van der Waals surface area contributed by atoms with Crippen LogP contribution in [-0.2, 0) is 19.2 Å². The quantitative estimate of drug-likeness (QED) is 0.468. The fourth-order valence-electron chi connectivity index (χ4n) is 2.83. The highest BCUT2D eigenvalue weighted by Crippen LogP contribution is 2.41. The second kappa shape index (κ2) is 15.5. The van der Waals surface area contributed by atoms with E-state index < -0.39 is 11.9 Å². The third-order valence-electron chi connectivity index (χ3n) is 4.00. The molecule has 0 bridgehead atoms. The number of aliphatic hydroxyl groups is 2. The zero-order valence-electron chi connectivity index (χ0n) is 15.7. The summed E-state index contributed by atoms with van der Waals surface area (Å²) in [6, 6.07) is 0. The molecule has 0 atom stereocenters. The number of aliphatic hydroxyl groups excluding tert-OH is 2. The van der Waals surface area contributed by atoms with Crippen molar-refractivity contribution < 1.29 is 39.6 Å². The Hall–Kier alpha value is -1.80. The van der Waals surface area contributed by atoms with Gasteiger partial charge in [-0.15, -0.1) is 0 Å². The van der Waals surface area contributed by atoms with Gasteiger partial charge in [-0.05, 0) is 44.9 Å². The average molecular weight is 376 g/mol. The van der Waals surface area contributed by atoms with Gasteiger partial charge in [0.2, 0.25) is 0 Å². The van der Waals surface area contributed by atoms with Crippen molar-refractivity contribution in [1.82, 2.24) is 0 Å². The van der Waals surface area contributed by atoms with Gasteiger partial charge in [-0.25, -0.2) is 0 Å². The standard InChI is InChI=1S/C10H20O2.2C4H6O3/c11-8-6-10(7-9-12)4-2-1-3-5-10;2*1-3(5)2-4(6)7/h11-12H,1-9H2;2*2H2,1H3,(H,6,7). The molecule has 0 aromatic carbocycles. The Bertz CT molecular complexity index is 373. The lowest BCUT2D eigenvalue weighted by molar-refractivity contribution is -0.141. The fraction of sp³-hybridized carbons (Fsp3) is 0.778.